The highest BCUT2D eigenvalue weighted by atomic mass is 31.2. The number of rotatable bonds is 46. The predicted octanol–water partition coefficient (Wildman–Crippen LogP) is 11.7. The monoisotopic (exact) mass is 923 g/mol. The minimum atomic E-state index is -5.01. The van der Waals surface area contributed by atoms with Crippen molar-refractivity contribution in [3.8, 4) is 0 Å². The SMILES string of the molecule is CCCCCCCCCCCCCCCCCCCCCCCCCCOCC(COP(=O)(O)OC1C(O)C(O)C(O)C(O)C1O)OC(=O)CCCCCCCCCCCCCC. The molecule has 0 bridgehead atoms. The van der Waals surface area contributed by atoms with Gasteiger partial charge >= 0.3 is 13.8 Å². The van der Waals surface area contributed by atoms with Crippen molar-refractivity contribution in [1.82, 2.24) is 0 Å². The summed E-state index contributed by atoms with van der Waals surface area (Å²) in [5.74, 6) is -0.471. The molecule has 0 amide bonds. The molecular weight excluding hydrogens is 824 g/mol. The van der Waals surface area contributed by atoms with Crippen LogP contribution in [0.1, 0.15) is 251 Å². The summed E-state index contributed by atoms with van der Waals surface area (Å²) >= 11 is 0. The molecule has 6 atom stereocenters. The minimum Gasteiger partial charge on any atom is -0.457 e. The molecule has 0 saturated heterocycles. The van der Waals surface area contributed by atoms with Gasteiger partial charge in [0.15, 0.2) is 0 Å². The van der Waals surface area contributed by atoms with Crippen LogP contribution in [0.25, 0.3) is 0 Å². The highest BCUT2D eigenvalue weighted by molar-refractivity contribution is 7.47. The van der Waals surface area contributed by atoms with Crippen LogP contribution in [0, 0.1) is 0 Å². The van der Waals surface area contributed by atoms with Crippen molar-refractivity contribution in [2.45, 2.75) is 294 Å². The maximum absolute atomic E-state index is 12.8. The molecule has 0 aliphatic heterocycles. The summed E-state index contributed by atoms with van der Waals surface area (Å²) in [6.45, 7) is 4.31. The van der Waals surface area contributed by atoms with E-state index in [1.807, 2.05) is 0 Å². The van der Waals surface area contributed by atoms with Crippen LogP contribution in [0.5, 0.6) is 0 Å². The van der Waals surface area contributed by atoms with Gasteiger partial charge in [0.05, 0.1) is 13.2 Å². The van der Waals surface area contributed by atoms with E-state index in [1.54, 1.807) is 0 Å². The zero-order chi connectivity index (χ0) is 46.2. The minimum absolute atomic E-state index is 0.0676. The van der Waals surface area contributed by atoms with Gasteiger partial charge in [0.1, 0.15) is 42.7 Å². The van der Waals surface area contributed by atoms with Crippen LogP contribution < -0.4 is 0 Å². The van der Waals surface area contributed by atoms with Crippen molar-refractivity contribution in [2.75, 3.05) is 19.8 Å². The fourth-order valence-electron chi connectivity index (χ4n) is 8.54. The van der Waals surface area contributed by atoms with Crippen molar-refractivity contribution >= 4 is 13.8 Å². The third-order valence-electron chi connectivity index (χ3n) is 12.7. The molecule has 0 aromatic heterocycles. The molecule has 12 nitrogen and oxygen atoms in total. The molecule has 13 heteroatoms. The zero-order valence-corrected chi connectivity index (χ0v) is 41.3. The molecule has 6 unspecified atom stereocenters. The number of unbranched alkanes of at least 4 members (excludes halogenated alkanes) is 34. The van der Waals surface area contributed by atoms with E-state index >= 15 is 0 Å². The first kappa shape index (κ1) is 60.4. The third kappa shape index (κ3) is 33.5. The molecule has 1 aliphatic rings. The van der Waals surface area contributed by atoms with Gasteiger partial charge in [-0.3, -0.25) is 13.8 Å². The average molecular weight is 923 g/mol. The number of ether oxygens (including phenoxy) is 2. The van der Waals surface area contributed by atoms with Crippen LogP contribution in [0.2, 0.25) is 0 Å². The number of carbonyl (C=O) groups is 1. The van der Waals surface area contributed by atoms with Crippen LogP contribution in [0.15, 0.2) is 0 Å². The summed E-state index contributed by atoms with van der Waals surface area (Å²) in [6, 6.07) is 0. The Balaban J connectivity index is 2.25. The van der Waals surface area contributed by atoms with Gasteiger partial charge in [-0.05, 0) is 12.8 Å². The van der Waals surface area contributed by atoms with E-state index in [9.17, 15) is 39.8 Å². The first-order chi connectivity index (χ1) is 30.5. The second-order valence-electron chi connectivity index (χ2n) is 18.7. The topological polar surface area (TPSA) is 192 Å². The Bertz CT molecular complexity index is 1050. The van der Waals surface area contributed by atoms with E-state index in [0.29, 0.717) is 13.0 Å². The van der Waals surface area contributed by atoms with E-state index in [0.717, 1.165) is 38.5 Å². The Kier molecular flexibility index (Phi) is 39.8. The smallest absolute Gasteiger partial charge is 0.457 e. The number of hydrogen-bond donors (Lipinski definition) is 6. The second-order valence-corrected chi connectivity index (χ2v) is 20.2. The van der Waals surface area contributed by atoms with Gasteiger partial charge in [-0.15, -0.1) is 0 Å². The summed E-state index contributed by atoms with van der Waals surface area (Å²) in [4.78, 5) is 23.2. The maximum Gasteiger partial charge on any atom is 0.472 e. The molecule has 0 spiro atoms. The van der Waals surface area contributed by atoms with Crippen LogP contribution >= 0.6 is 7.82 Å². The molecule has 1 rings (SSSR count). The number of aliphatic hydroxyl groups excluding tert-OH is 5. The zero-order valence-electron chi connectivity index (χ0n) is 40.4. The normalized spacial score (nSPS) is 21.7. The van der Waals surface area contributed by atoms with Crippen LogP contribution in [-0.2, 0) is 27.9 Å². The van der Waals surface area contributed by atoms with Gasteiger partial charge in [-0.2, -0.15) is 0 Å². The molecule has 1 aliphatic carbocycles. The highest BCUT2D eigenvalue weighted by Crippen LogP contribution is 2.47. The Morgan fingerprint density at radius 1 is 0.444 bits per heavy atom. The van der Waals surface area contributed by atoms with Crippen molar-refractivity contribution < 1.29 is 58.3 Å². The first-order valence-corrected chi connectivity index (χ1v) is 27.9. The van der Waals surface area contributed by atoms with E-state index in [1.165, 1.54) is 186 Å². The van der Waals surface area contributed by atoms with Crippen molar-refractivity contribution in [1.29, 1.82) is 0 Å². The number of phosphoric acid groups is 1. The molecular formula is C50H99O12P. The number of phosphoric ester groups is 1. The van der Waals surface area contributed by atoms with Crippen molar-refractivity contribution in [3.05, 3.63) is 0 Å². The molecule has 1 saturated carbocycles. The Labute approximate surface area is 385 Å². The van der Waals surface area contributed by atoms with Crippen molar-refractivity contribution in [2.24, 2.45) is 0 Å². The van der Waals surface area contributed by atoms with Crippen LogP contribution in [-0.4, -0.2) is 98.9 Å². The van der Waals surface area contributed by atoms with E-state index in [4.69, 9.17) is 18.5 Å². The fraction of sp³-hybridized carbons (Fsp3) is 0.980. The average Bonchev–Trinajstić information content (AvgIpc) is 3.27. The number of hydrogen-bond acceptors (Lipinski definition) is 11. The lowest BCUT2D eigenvalue weighted by molar-refractivity contribution is -0.220. The maximum atomic E-state index is 12.8. The molecule has 376 valence electrons. The summed E-state index contributed by atoms with van der Waals surface area (Å²) in [7, 11) is -5.01. The first-order valence-electron chi connectivity index (χ1n) is 26.4. The molecule has 63 heavy (non-hydrogen) atoms. The summed E-state index contributed by atoms with van der Waals surface area (Å²) in [5, 5.41) is 50.2. The van der Waals surface area contributed by atoms with Gasteiger partial charge in [-0.25, -0.2) is 4.57 Å². The largest absolute Gasteiger partial charge is 0.472 e. The van der Waals surface area contributed by atoms with Gasteiger partial charge < -0.3 is 39.9 Å². The van der Waals surface area contributed by atoms with E-state index in [2.05, 4.69) is 13.8 Å². The second kappa shape index (κ2) is 41.5. The number of carbonyl (C=O) groups excluding carboxylic acids is 1. The Hall–Kier alpha value is -0.660. The number of aliphatic hydroxyl groups is 5. The predicted molar refractivity (Wildman–Crippen MR) is 254 cm³/mol. The lowest BCUT2D eigenvalue weighted by atomic mass is 9.85. The van der Waals surface area contributed by atoms with Gasteiger partial charge in [0.25, 0.3) is 0 Å². The lowest BCUT2D eigenvalue weighted by Crippen LogP contribution is -2.64. The summed E-state index contributed by atoms with van der Waals surface area (Å²) in [5.41, 5.74) is 0. The van der Waals surface area contributed by atoms with Gasteiger partial charge in [0, 0.05) is 13.0 Å². The lowest BCUT2D eigenvalue weighted by Gasteiger charge is -2.41. The molecule has 6 N–H and O–H groups in total. The third-order valence-corrected chi connectivity index (χ3v) is 13.7. The Morgan fingerprint density at radius 2 is 0.746 bits per heavy atom. The van der Waals surface area contributed by atoms with E-state index < -0.39 is 63.1 Å². The molecule has 0 aromatic carbocycles. The van der Waals surface area contributed by atoms with Gasteiger partial charge in [0.2, 0.25) is 0 Å². The summed E-state index contributed by atoms with van der Waals surface area (Å²) < 4.78 is 34.3. The van der Waals surface area contributed by atoms with Crippen LogP contribution in [0.4, 0.5) is 0 Å². The van der Waals surface area contributed by atoms with E-state index in [-0.39, 0.29) is 13.0 Å². The quantitative estimate of drug-likeness (QED) is 0.0193. The standard InChI is InChI=1S/C50H99O12P/c1-3-5-7-9-11-13-15-17-18-19-20-21-22-23-24-25-26-27-28-30-32-34-36-38-40-59-41-43(61-44(51)39-37-35-33-31-29-16-14-12-10-8-6-4-2)42-60-63(57,58)62-50-48(55)46(53)45(52)47(54)49(50)56/h43,45-50,52-56H,3-42H2,1-2H3,(H,57,58). The fourth-order valence-corrected chi connectivity index (χ4v) is 9.51. The molecule has 0 heterocycles. The summed E-state index contributed by atoms with van der Waals surface area (Å²) in [6.07, 6.45) is 33.3. The molecule has 1 fully saturated rings. The molecule has 0 aromatic rings. The molecule has 0 radical (unpaired) electrons. The van der Waals surface area contributed by atoms with Crippen LogP contribution in [0.3, 0.4) is 0 Å². The Morgan fingerprint density at radius 3 is 1.10 bits per heavy atom. The number of esters is 1. The van der Waals surface area contributed by atoms with Crippen molar-refractivity contribution in [3.63, 3.8) is 0 Å². The highest BCUT2D eigenvalue weighted by Gasteiger charge is 2.51. The van der Waals surface area contributed by atoms with Gasteiger partial charge in [-0.1, -0.05) is 232 Å².